The van der Waals surface area contributed by atoms with Crippen LogP contribution in [0.3, 0.4) is 0 Å². The molecule has 0 amide bonds. The molecule has 0 radical (unpaired) electrons. The van der Waals surface area contributed by atoms with Gasteiger partial charge in [-0.1, -0.05) is 49.7 Å². The van der Waals surface area contributed by atoms with Crippen LogP contribution < -0.4 is 18.9 Å². The van der Waals surface area contributed by atoms with Crippen LogP contribution >= 0.6 is 0 Å². The molecule has 4 aromatic rings. The van der Waals surface area contributed by atoms with Gasteiger partial charge in [-0.05, 0) is 104 Å². The highest BCUT2D eigenvalue weighted by molar-refractivity contribution is 5.73. The molecule has 0 bridgehead atoms. The van der Waals surface area contributed by atoms with Crippen LogP contribution in [0.2, 0.25) is 0 Å². The predicted molar refractivity (Wildman–Crippen MR) is 189 cm³/mol. The zero-order valence-corrected chi connectivity index (χ0v) is 31.0. The maximum Gasteiger partial charge on any atom is 0.420 e. The van der Waals surface area contributed by atoms with Crippen molar-refractivity contribution in [3.8, 4) is 45.3 Å². The van der Waals surface area contributed by atoms with Gasteiger partial charge in [-0.3, -0.25) is 0 Å². The lowest BCUT2D eigenvalue weighted by Crippen LogP contribution is -2.19. The van der Waals surface area contributed by atoms with Crippen LogP contribution in [0.5, 0.6) is 23.0 Å². The second-order valence-corrected chi connectivity index (χ2v) is 12.9. The van der Waals surface area contributed by atoms with E-state index in [2.05, 4.69) is 0 Å². The van der Waals surface area contributed by atoms with E-state index in [1.165, 1.54) is 62.4 Å². The lowest BCUT2D eigenvalue weighted by Gasteiger charge is -2.22. The number of alkyl halides is 12. The number of rotatable bonds is 17. The summed E-state index contributed by atoms with van der Waals surface area (Å²) >= 11 is 0. The molecule has 4 nitrogen and oxygen atoms in total. The first-order valence-corrected chi connectivity index (χ1v) is 18.0. The molecule has 0 aliphatic carbocycles. The molecule has 0 saturated carbocycles. The molecule has 0 spiro atoms. The number of ether oxygens (including phenoxy) is 4. The Labute approximate surface area is 321 Å². The van der Waals surface area contributed by atoms with Crippen LogP contribution in [0.15, 0.2) is 72.8 Å². The monoisotopic (exact) mass is 824 g/mol. The Morgan fingerprint density at radius 2 is 0.754 bits per heavy atom. The molecule has 0 aliphatic rings. The standard InChI is InChI=1S/C41H40F12O4/c1-4-25(9-7-23-56-28-15-11-26(12-16-28)30-19-21-32(54-5-2)36(40(48,49)50)34(30)38(42,43)44)10-8-24-57-29-17-13-27(14-18-29)31-20-22-33(55-6-3)37(41(51,52)53)35(31)39(45,46)47/h11-22,25H,4-10,23-24H2,1-3H3. The summed E-state index contributed by atoms with van der Waals surface area (Å²) in [6, 6.07) is 14.2. The van der Waals surface area contributed by atoms with Gasteiger partial charge in [-0.15, -0.1) is 0 Å². The van der Waals surface area contributed by atoms with E-state index in [1.54, 1.807) is 0 Å². The third kappa shape index (κ3) is 11.7. The topological polar surface area (TPSA) is 36.9 Å². The van der Waals surface area contributed by atoms with Crippen LogP contribution in [0.25, 0.3) is 22.3 Å². The predicted octanol–water partition coefficient (Wildman–Crippen LogP) is 13.9. The first kappa shape index (κ1) is 44.9. The molecule has 0 aliphatic heterocycles. The summed E-state index contributed by atoms with van der Waals surface area (Å²) in [4.78, 5) is 0. The third-order valence-corrected chi connectivity index (χ3v) is 9.03. The fourth-order valence-electron chi connectivity index (χ4n) is 6.49. The van der Waals surface area contributed by atoms with E-state index < -0.39 is 69.6 Å². The summed E-state index contributed by atoms with van der Waals surface area (Å²) < 4.78 is 188. The second-order valence-electron chi connectivity index (χ2n) is 12.9. The van der Waals surface area contributed by atoms with Gasteiger partial charge in [-0.25, -0.2) is 0 Å². The Balaban J connectivity index is 1.30. The van der Waals surface area contributed by atoms with Gasteiger partial charge in [0.25, 0.3) is 0 Å². The highest BCUT2D eigenvalue weighted by Gasteiger charge is 2.49. The first-order valence-electron chi connectivity index (χ1n) is 18.0. The smallest absolute Gasteiger partial charge is 0.420 e. The van der Waals surface area contributed by atoms with E-state index >= 15 is 0 Å². The summed E-state index contributed by atoms with van der Waals surface area (Å²) in [5, 5.41) is 0. The minimum absolute atomic E-state index is 0.0878. The lowest BCUT2D eigenvalue weighted by atomic mass is 9.93. The van der Waals surface area contributed by atoms with Crippen molar-refractivity contribution in [3.63, 3.8) is 0 Å². The molecule has 4 aromatic carbocycles. The highest BCUT2D eigenvalue weighted by Crippen LogP contribution is 2.51. The van der Waals surface area contributed by atoms with Gasteiger partial charge in [0, 0.05) is 0 Å². The zero-order valence-electron chi connectivity index (χ0n) is 31.0. The molecular formula is C41H40F12O4. The van der Waals surface area contributed by atoms with Crippen molar-refractivity contribution in [2.45, 2.75) is 77.6 Å². The quantitative estimate of drug-likeness (QED) is 0.0785. The van der Waals surface area contributed by atoms with Gasteiger partial charge in [0.05, 0.1) is 37.6 Å². The number of hydrogen-bond acceptors (Lipinski definition) is 4. The maximum atomic E-state index is 14.0. The van der Waals surface area contributed by atoms with Crippen LogP contribution in [0.4, 0.5) is 52.7 Å². The van der Waals surface area contributed by atoms with Crippen molar-refractivity contribution in [1.29, 1.82) is 0 Å². The Kier molecular flexibility index (Phi) is 14.7. The largest absolute Gasteiger partial charge is 0.494 e. The van der Waals surface area contributed by atoms with E-state index in [0.717, 1.165) is 43.5 Å². The normalized spacial score (nSPS) is 12.6. The maximum absolute atomic E-state index is 14.0. The summed E-state index contributed by atoms with van der Waals surface area (Å²) in [7, 11) is 0. The SMILES string of the molecule is CCOc1ccc(-c2ccc(OCCCC(CC)CCCOc3ccc(-c4ccc(OCC)c(C(F)(F)F)c4C(F)(F)F)cc3)cc2)c(C(F)(F)F)c1C(F)(F)F. The van der Waals surface area contributed by atoms with Crippen LogP contribution in [-0.4, -0.2) is 26.4 Å². The van der Waals surface area contributed by atoms with E-state index in [-0.39, 0.29) is 43.5 Å². The molecule has 0 N–H and O–H groups in total. The van der Waals surface area contributed by atoms with Crippen LogP contribution in [0, 0.1) is 5.92 Å². The molecule has 312 valence electrons. The van der Waals surface area contributed by atoms with Crippen molar-refractivity contribution < 1.29 is 71.6 Å². The van der Waals surface area contributed by atoms with E-state index in [0.29, 0.717) is 24.3 Å². The fraction of sp³-hybridized carbons (Fsp3) is 0.415. The number of halogens is 12. The van der Waals surface area contributed by atoms with Gasteiger partial charge in [-0.2, -0.15) is 52.7 Å². The average Bonchev–Trinajstić information content (AvgIpc) is 3.13. The summed E-state index contributed by atoms with van der Waals surface area (Å²) in [6.07, 6.45) is -17.7. The fourth-order valence-corrected chi connectivity index (χ4v) is 6.49. The molecule has 0 heterocycles. The molecule has 57 heavy (non-hydrogen) atoms. The Morgan fingerprint density at radius 1 is 0.421 bits per heavy atom. The third-order valence-electron chi connectivity index (χ3n) is 9.03. The number of hydrogen-bond donors (Lipinski definition) is 0. The van der Waals surface area contributed by atoms with Crippen LogP contribution in [0.1, 0.15) is 75.1 Å². The molecule has 0 unspecified atom stereocenters. The summed E-state index contributed by atoms with van der Waals surface area (Å²) in [5.41, 5.74) is -8.92. The van der Waals surface area contributed by atoms with E-state index in [4.69, 9.17) is 18.9 Å². The molecule has 0 aromatic heterocycles. The van der Waals surface area contributed by atoms with Crippen molar-refractivity contribution in [1.82, 2.24) is 0 Å². The van der Waals surface area contributed by atoms with Crippen molar-refractivity contribution in [2.24, 2.45) is 5.92 Å². The van der Waals surface area contributed by atoms with Gasteiger partial charge < -0.3 is 18.9 Å². The van der Waals surface area contributed by atoms with Crippen LogP contribution in [-0.2, 0) is 24.7 Å². The van der Waals surface area contributed by atoms with E-state index in [9.17, 15) is 52.7 Å². The molecule has 0 saturated heterocycles. The molecule has 0 atom stereocenters. The second kappa shape index (κ2) is 18.7. The molecule has 0 fully saturated rings. The number of benzene rings is 4. The Bertz CT molecular complexity index is 1760. The van der Waals surface area contributed by atoms with Gasteiger partial charge in [0.2, 0.25) is 0 Å². The average molecular weight is 825 g/mol. The lowest BCUT2D eigenvalue weighted by molar-refractivity contribution is -0.162. The summed E-state index contributed by atoms with van der Waals surface area (Å²) in [5.74, 6) is -0.905. The minimum Gasteiger partial charge on any atom is -0.494 e. The zero-order chi connectivity index (χ0) is 42.2. The molecular weight excluding hydrogens is 784 g/mol. The Hall–Kier alpha value is -4.76. The first-order chi connectivity index (χ1) is 26.7. The minimum atomic E-state index is -5.32. The van der Waals surface area contributed by atoms with E-state index in [1.807, 2.05) is 6.92 Å². The van der Waals surface area contributed by atoms with Crippen molar-refractivity contribution in [2.75, 3.05) is 26.4 Å². The van der Waals surface area contributed by atoms with Gasteiger partial charge >= 0.3 is 24.7 Å². The van der Waals surface area contributed by atoms with Gasteiger partial charge in [0.1, 0.15) is 34.1 Å². The summed E-state index contributed by atoms with van der Waals surface area (Å²) in [6.45, 7) is 4.76. The highest BCUT2D eigenvalue weighted by atomic mass is 19.4. The van der Waals surface area contributed by atoms with Crippen molar-refractivity contribution >= 4 is 0 Å². The van der Waals surface area contributed by atoms with Gasteiger partial charge in [0.15, 0.2) is 0 Å². The van der Waals surface area contributed by atoms with Crippen molar-refractivity contribution in [3.05, 3.63) is 95.1 Å². The molecule has 16 heteroatoms. The molecule has 4 rings (SSSR count). The Morgan fingerprint density at radius 3 is 1.04 bits per heavy atom.